The molecule has 2 aromatic rings. The van der Waals surface area contributed by atoms with E-state index in [-0.39, 0.29) is 11.7 Å². The number of hydrogen-bond acceptors (Lipinski definition) is 2. The summed E-state index contributed by atoms with van der Waals surface area (Å²) in [5.41, 5.74) is 1.04. The second kappa shape index (κ2) is 4.67. The molecule has 0 bridgehead atoms. The molecule has 88 valence electrons. The van der Waals surface area contributed by atoms with Gasteiger partial charge in [-0.2, -0.15) is 0 Å². The average Bonchev–Trinajstić information content (AvgIpc) is 2.70. The highest BCUT2D eigenvalue weighted by molar-refractivity contribution is 7.14. The van der Waals surface area contributed by atoms with Crippen LogP contribution >= 0.6 is 11.3 Å². The fraction of sp³-hybridized carbons (Fsp3) is 0.154. The van der Waals surface area contributed by atoms with E-state index in [4.69, 9.17) is 0 Å². The van der Waals surface area contributed by atoms with E-state index in [2.05, 4.69) is 5.32 Å². The molecule has 0 atom stereocenters. The van der Waals surface area contributed by atoms with Crippen LogP contribution in [0, 0.1) is 19.7 Å². The highest BCUT2D eigenvalue weighted by Gasteiger charge is 2.09. The summed E-state index contributed by atoms with van der Waals surface area (Å²) < 4.78 is 13.3. The number of thiophene rings is 1. The van der Waals surface area contributed by atoms with Gasteiger partial charge in [0.25, 0.3) is 5.91 Å². The van der Waals surface area contributed by atoms with Gasteiger partial charge in [0.05, 0.1) is 4.88 Å². The lowest BCUT2D eigenvalue weighted by Gasteiger charge is -2.04. The van der Waals surface area contributed by atoms with Crippen LogP contribution in [0.1, 0.15) is 20.1 Å². The Labute approximate surface area is 103 Å². The third-order valence-corrected chi connectivity index (χ3v) is 3.39. The summed E-state index contributed by atoms with van der Waals surface area (Å²) >= 11 is 1.42. The van der Waals surface area contributed by atoms with Crippen molar-refractivity contribution in [3.8, 4) is 0 Å². The highest BCUT2D eigenvalue weighted by atomic mass is 32.1. The zero-order chi connectivity index (χ0) is 12.4. The number of anilines is 1. The quantitative estimate of drug-likeness (QED) is 0.862. The molecule has 0 unspecified atom stereocenters. The lowest BCUT2D eigenvalue weighted by Crippen LogP contribution is -2.10. The Kier molecular flexibility index (Phi) is 3.24. The molecule has 0 spiro atoms. The Morgan fingerprint density at radius 3 is 2.59 bits per heavy atom. The maximum Gasteiger partial charge on any atom is 0.265 e. The highest BCUT2D eigenvalue weighted by Crippen LogP contribution is 2.18. The fourth-order valence-electron chi connectivity index (χ4n) is 1.42. The molecule has 1 N–H and O–H groups in total. The van der Waals surface area contributed by atoms with Crippen LogP contribution in [0.2, 0.25) is 0 Å². The maximum absolute atomic E-state index is 13.3. The fourth-order valence-corrected chi connectivity index (χ4v) is 2.18. The van der Waals surface area contributed by atoms with Crippen molar-refractivity contribution < 1.29 is 9.18 Å². The van der Waals surface area contributed by atoms with Crippen molar-refractivity contribution in [2.45, 2.75) is 13.8 Å². The van der Waals surface area contributed by atoms with Crippen molar-refractivity contribution in [1.82, 2.24) is 0 Å². The van der Waals surface area contributed by atoms with Crippen molar-refractivity contribution >= 4 is 22.9 Å². The minimum atomic E-state index is -0.315. The number of halogens is 1. The van der Waals surface area contributed by atoms with E-state index >= 15 is 0 Å². The third kappa shape index (κ3) is 2.71. The molecule has 2 nitrogen and oxygen atoms in total. The largest absolute Gasteiger partial charge is 0.321 e. The van der Waals surface area contributed by atoms with Gasteiger partial charge in [-0.1, -0.05) is 6.07 Å². The van der Waals surface area contributed by atoms with Gasteiger partial charge in [0.1, 0.15) is 5.82 Å². The number of rotatable bonds is 2. The molecule has 0 saturated carbocycles. The van der Waals surface area contributed by atoms with Crippen LogP contribution in [-0.4, -0.2) is 5.91 Å². The Morgan fingerprint density at radius 1 is 1.24 bits per heavy atom. The monoisotopic (exact) mass is 249 g/mol. The van der Waals surface area contributed by atoms with Gasteiger partial charge in [0.15, 0.2) is 0 Å². The average molecular weight is 249 g/mol. The summed E-state index contributed by atoms with van der Waals surface area (Å²) in [4.78, 5) is 13.5. The summed E-state index contributed by atoms with van der Waals surface area (Å²) in [6.45, 7) is 3.62. The molecular formula is C13H12FNOS. The minimum Gasteiger partial charge on any atom is -0.321 e. The van der Waals surface area contributed by atoms with E-state index < -0.39 is 0 Å². The molecule has 0 radical (unpaired) electrons. The molecule has 1 heterocycles. The molecule has 17 heavy (non-hydrogen) atoms. The van der Waals surface area contributed by atoms with E-state index in [9.17, 15) is 9.18 Å². The first-order chi connectivity index (χ1) is 8.06. The van der Waals surface area contributed by atoms with Crippen LogP contribution in [0.15, 0.2) is 30.3 Å². The van der Waals surface area contributed by atoms with Crippen LogP contribution in [0.4, 0.5) is 10.1 Å². The van der Waals surface area contributed by atoms with Gasteiger partial charge in [0, 0.05) is 10.6 Å². The van der Waals surface area contributed by atoms with Crippen LogP contribution in [0.25, 0.3) is 0 Å². The first-order valence-electron chi connectivity index (χ1n) is 5.20. The van der Waals surface area contributed by atoms with Gasteiger partial charge in [-0.05, 0) is 43.7 Å². The second-order valence-corrected chi connectivity index (χ2v) is 5.12. The van der Waals surface area contributed by atoms with Gasteiger partial charge < -0.3 is 5.32 Å². The predicted octanol–water partition coefficient (Wildman–Crippen LogP) is 3.76. The molecule has 4 heteroatoms. The number of carbonyl (C=O) groups excluding carboxylic acids is 1. The zero-order valence-electron chi connectivity index (χ0n) is 9.58. The summed E-state index contributed by atoms with van der Waals surface area (Å²) in [5, 5.41) is 2.67. The van der Waals surface area contributed by atoms with Gasteiger partial charge in [-0.25, -0.2) is 4.39 Å². The molecule has 0 aliphatic carbocycles. The van der Waals surface area contributed by atoms with Gasteiger partial charge in [-0.3, -0.25) is 4.79 Å². The SMILES string of the molecule is Cc1ccc(C(=O)Nc2ccc(C)c(F)c2)s1. The predicted molar refractivity (Wildman–Crippen MR) is 68.1 cm³/mol. The smallest absolute Gasteiger partial charge is 0.265 e. The third-order valence-electron chi connectivity index (χ3n) is 2.39. The topological polar surface area (TPSA) is 29.1 Å². The van der Waals surface area contributed by atoms with E-state index in [0.29, 0.717) is 16.1 Å². The lowest BCUT2D eigenvalue weighted by atomic mass is 10.2. The van der Waals surface area contributed by atoms with Crippen LogP contribution < -0.4 is 5.32 Å². The summed E-state index contributed by atoms with van der Waals surface area (Å²) in [6.07, 6.45) is 0. The van der Waals surface area contributed by atoms with Crippen LogP contribution in [0.5, 0.6) is 0 Å². The van der Waals surface area contributed by atoms with Crippen molar-refractivity contribution in [3.05, 3.63) is 51.5 Å². The standard InChI is InChI=1S/C13H12FNOS/c1-8-3-5-10(7-11(8)14)15-13(16)12-6-4-9(2)17-12/h3-7H,1-2H3,(H,15,16). The number of nitrogens with one attached hydrogen (secondary N) is 1. The first-order valence-corrected chi connectivity index (χ1v) is 6.02. The van der Waals surface area contributed by atoms with E-state index in [1.54, 1.807) is 25.1 Å². The Bertz CT molecular complexity index is 562. The number of amides is 1. The van der Waals surface area contributed by atoms with E-state index in [1.807, 2.05) is 13.0 Å². The molecule has 0 fully saturated rings. The van der Waals surface area contributed by atoms with Gasteiger partial charge in [-0.15, -0.1) is 11.3 Å². The van der Waals surface area contributed by atoms with Crippen LogP contribution in [-0.2, 0) is 0 Å². The Hall–Kier alpha value is -1.68. The summed E-state index contributed by atoms with van der Waals surface area (Å²) in [7, 11) is 0. The molecule has 1 aromatic heterocycles. The van der Waals surface area contributed by atoms with E-state index in [1.165, 1.54) is 17.4 Å². The molecule has 0 saturated heterocycles. The molecule has 1 amide bonds. The summed E-state index contributed by atoms with van der Waals surface area (Å²) in [6, 6.07) is 8.31. The molecular weight excluding hydrogens is 237 g/mol. The molecule has 0 aliphatic rings. The number of aryl methyl sites for hydroxylation is 2. The number of hydrogen-bond donors (Lipinski definition) is 1. The number of benzene rings is 1. The maximum atomic E-state index is 13.3. The Balaban J connectivity index is 2.15. The lowest BCUT2D eigenvalue weighted by molar-refractivity contribution is 0.103. The molecule has 2 rings (SSSR count). The molecule has 1 aromatic carbocycles. The van der Waals surface area contributed by atoms with Crippen LogP contribution in [0.3, 0.4) is 0 Å². The molecule has 0 aliphatic heterocycles. The number of carbonyl (C=O) groups is 1. The van der Waals surface area contributed by atoms with E-state index in [0.717, 1.165) is 4.88 Å². The van der Waals surface area contributed by atoms with Crippen molar-refractivity contribution in [2.24, 2.45) is 0 Å². The van der Waals surface area contributed by atoms with Crippen molar-refractivity contribution in [3.63, 3.8) is 0 Å². The first kappa shape index (κ1) is 11.8. The second-order valence-electron chi connectivity index (χ2n) is 3.83. The van der Waals surface area contributed by atoms with Gasteiger partial charge >= 0.3 is 0 Å². The summed E-state index contributed by atoms with van der Waals surface area (Å²) in [5.74, 6) is -0.517. The minimum absolute atomic E-state index is 0.202. The Morgan fingerprint density at radius 2 is 2.00 bits per heavy atom. The van der Waals surface area contributed by atoms with Crippen molar-refractivity contribution in [1.29, 1.82) is 0 Å². The van der Waals surface area contributed by atoms with Gasteiger partial charge in [0.2, 0.25) is 0 Å². The normalized spacial score (nSPS) is 10.3. The van der Waals surface area contributed by atoms with Crippen molar-refractivity contribution in [2.75, 3.05) is 5.32 Å². The zero-order valence-corrected chi connectivity index (χ0v) is 10.4.